The average molecular weight is 333 g/mol. The summed E-state index contributed by atoms with van der Waals surface area (Å²) in [5.41, 5.74) is 0.422. The van der Waals surface area contributed by atoms with Crippen LogP contribution in [-0.2, 0) is 11.3 Å². The Morgan fingerprint density at radius 1 is 1.38 bits per heavy atom. The lowest BCUT2D eigenvalue weighted by Crippen LogP contribution is -2.35. The summed E-state index contributed by atoms with van der Waals surface area (Å²) in [6.45, 7) is -0.181. The molecule has 2 N–H and O–H groups in total. The highest BCUT2D eigenvalue weighted by Gasteiger charge is 2.11. The Balaban J connectivity index is 2.02. The van der Waals surface area contributed by atoms with Gasteiger partial charge in [0.1, 0.15) is 6.61 Å². The van der Waals surface area contributed by atoms with E-state index in [2.05, 4.69) is 10.1 Å². The molecule has 124 valence electrons. The van der Waals surface area contributed by atoms with Crippen LogP contribution >= 0.6 is 0 Å². The number of rotatable bonds is 3. The molecular formula is C13H11N5O6. The van der Waals surface area contributed by atoms with Crippen LogP contribution in [0.5, 0.6) is 0 Å². The third kappa shape index (κ3) is 4.62. The summed E-state index contributed by atoms with van der Waals surface area (Å²) in [5, 5.41) is 25.0. The maximum absolute atomic E-state index is 11.7. The first-order valence-electron chi connectivity index (χ1n) is 6.44. The van der Waals surface area contributed by atoms with Crippen LogP contribution in [0.3, 0.4) is 0 Å². The molecule has 2 amide bonds. The first-order valence-corrected chi connectivity index (χ1v) is 6.44. The number of nitrogens with zero attached hydrogens (tertiary/aromatic N) is 4. The molecule has 0 unspecified atom stereocenters. The number of hydrogen-bond donors (Lipinski definition) is 2. The predicted octanol–water partition coefficient (Wildman–Crippen LogP) is 1.60. The molecule has 0 fully saturated rings. The third-order valence-corrected chi connectivity index (χ3v) is 2.65. The summed E-state index contributed by atoms with van der Waals surface area (Å²) in [4.78, 5) is 35.9. The van der Waals surface area contributed by atoms with Crippen molar-refractivity contribution in [2.45, 2.75) is 6.61 Å². The summed E-state index contributed by atoms with van der Waals surface area (Å²) < 4.78 is 5.91. The van der Waals surface area contributed by atoms with Crippen LogP contribution in [0, 0.1) is 10.1 Å². The summed E-state index contributed by atoms with van der Waals surface area (Å²) in [6.07, 6.45) is 0.291. The highest BCUT2D eigenvalue weighted by Crippen LogP contribution is 2.12. The van der Waals surface area contributed by atoms with E-state index in [-0.39, 0.29) is 18.3 Å². The zero-order chi connectivity index (χ0) is 17.5. The fourth-order valence-electron chi connectivity index (χ4n) is 1.60. The Hall–Kier alpha value is -3.76. The van der Waals surface area contributed by atoms with Crippen LogP contribution < -0.4 is 5.32 Å². The maximum atomic E-state index is 11.7. The SMILES string of the molecule is O=C(O)N/C(=N/C(=O)OCc1ccc([N+](=O)[O-])cc1)n1cccn1. The summed E-state index contributed by atoms with van der Waals surface area (Å²) in [7, 11) is 0. The van der Waals surface area contributed by atoms with Crippen molar-refractivity contribution >= 4 is 23.8 Å². The van der Waals surface area contributed by atoms with Gasteiger partial charge in [-0.1, -0.05) is 0 Å². The smallest absolute Gasteiger partial charge is 0.437 e. The lowest BCUT2D eigenvalue weighted by molar-refractivity contribution is -0.384. The van der Waals surface area contributed by atoms with Crippen LogP contribution in [0.25, 0.3) is 0 Å². The first kappa shape index (κ1) is 16.6. The number of ether oxygens (including phenoxy) is 1. The Morgan fingerprint density at radius 3 is 2.62 bits per heavy atom. The Morgan fingerprint density at radius 2 is 2.08 bits per heavy atom. The van der Waals surface area contributed by atoms with Gasteiger partial charge in [0.15, 0.2) is 0 Å². The van der Waals surface area contributed by atoms with Crippen LogP contribution in [0.15, 0.2) is 47.7 Å². The van der Waals surface area contributed by atoms with Crippen LogP contribution in [0.4, 0.5) is 15.3 Å². The minimum atomic E-state index is -1.42. The van der Waals surface area contributed by atoms with Crippen molar-refractivity contribution in [3.8, 4) is 0 Å². The van der Waals surface area contributed by atoms with E-state index in [0.29, 0.717) is 5.56 Å². The monoisotopic (exact) mass is 333 g/mol. The van der Waals surface area contributed by atoms with Gasteiger partial charge in [0, 0.05) is 24.5 Å². The second-order valence-electron chi connectivity index (χ2n) is 4.29. The Labute approximate surface area is 134 Å². The molecule has 0 aliphatic heterocycles. The van der Waals surface area contributed by atoms with Gasteiger partial charge in [0.05, 0.1) is 4.92 Å². The van der Waals surface area contributed by atoms with E-state index in [1.165, 1.54) is 42.7 Å². The second kappa shape index (κ2) is 7.49. The van der Waals surface area contributed by atoms with Crippen molar-refractivity contribution in [3.05, 3.63) is 58.4 Å². The molecule has 2 rings (SSSR count). The fraction of sp³-hybridized carbons (Fsp3) is 0.0769. The van der Waals surface area contributed by atoms with E-state index < -0.39 is 17.1 Å². The van der Waals surface area contributed by atoms with Gasteiger partial charge in [0.2, 0.25) is 5.96 Å². The topological polar surface area (TPSA) is 149 Å². The van der Waals surface area contributed by atoms with Crippen molar-refractivity contribution in [2.24, 2.45) is 4.99 Å². The standard InChI is InChI=1S/C13H11N5O6/c19-12(20)15-11(17-7-1-6-14-17)16-13(21)24-8-9-2-4-10(5-3-9)18(22)23/h1-7H,8H2,(H,19,20)(H,15,16,21). The number of carbonyl (C=O) groups is 2. The molecule has 1 aromatic carbocycles. The molecule has 0 aliphatic carbocycles. The van der Waals surface area contributed by atoms with Crippen LogP contribution in [0.1, 0.15) is 5.56 Å². The number of amides is 2. The highest BCUT2D eigenvalue weighted by atomic mass is 16.6. The van der Waals surface area contributed by atoms with Gasteiger partial charge in [-0.05, 0) is 23.8 Å². The van der Waals surface area contributed by atoms with E-state index in [1.807, 2.05) is 5.32 Å². The number of aliphatic imine (C=N–C) groups is 1. The molecular weight excluding hydrogens is 322 g/mol. The lowest BCUT2D eigenvalue weighted by Gasteiger charge is -2.06. The number of carboxylic acid groups (broad SMARTS) is 1. The fourth-order valence-corrected chi connectivity index (χ4v) is 1.60. The van der Waals surface area contributed by atoms with Gasteiger partial charge < -0.3 is 9.84 Å². The van der Waals surface area contributed by atoms with E-state index in [1.54, 1.807) is 0 Å². The molecule has 2 aromatic rings. The number of nitro groups is 1. The molecule has 11 heteroatoms. The van der Waals surface area contributed by atoms with E-state index in [4.69, 9.17) is 9.84 Å². The highest BCUT2D eigenvalue weighted by molar-refractivity contribution is 5.98. The molecule has 24 heavy (non-hydrogen) atoms. The maximum Gasteiger partial charge on any atom is 0.437 e. The minimum absolute atomic E-state index is 0.0882. The van der Waals surface area contributed by atoms with Crippen LogP contribution in [-0.4, -0.2) is 38.0 Å². The minimum Gasteiger partial charge on any atom is -0.465 e. The summed E-state index contributed by atoms with van der Waals surface area (Å²) >= 11 is 0. The van der Waals surface area contributed by atoms with E-state index in [9.17, 15) is 19.7 Å². The zero-order valence-electron chi connectivity index (χ0n) is 12.0. The number of aromatic nitrogens is 2. The van der Waals surface area contributed by atoms with Gasteiger partial charge in [-0.2, -0.15) is 5.10 Å². The van der Waals surface area contributed by atoms with Gasteiger partial charge in [-0.3, -0.25) is 15.4 Å². The molecule has 11 nitrogen and oxygen atoms in total. The predicted molar refractivity (Wildman–Crippen MR) is 79.5 cm³/mol. The van der Waals surface area contributed by atoms with Gasteiger partial charge >= 0.3 is 12.2 Å². The van der Waals surface area contributed by atoms with Gasteiger partial charge in [-0.25, -0.2) is 14.3 Å². The van der Waals surface area contributed by atoms with Crippen LogP contribution in [0.2, 0.25) is 0 Å². The molecule has 0 saturated heterocycles. The van der Waals surface area contributed by atoms with E-state index >= 15 is 0 Å². The number of benzene rings is 1. The molecule has 0 saturated carbocycles. The van der Waals surface area contributed by atoms with Gasteiger partial charge in [0.25, 0.3) is 5.69 Å². The molecule has 1 heterocycles. The summed E-state index contributed by atoms with van der Waals surface area (Å²) in [6, 6.07) is 6.92. The Kier molecular flexibility index (Phi) is 5.18. The van der Waals surface area contributed by atoms with Gasteiger partial charge in [-0.15, -0.1) is 4.99 Å². The van der Waals surface area contributed by atoms with Crippen molar-refractivity contribution in [2.75, 3.05) is 0 Å². The number of non-ortho nitro benzene ring substituents is 1. The number of hydrogen-bond acceptors (Lipinski definition) is 6. The van der Waals surface area contributed by atoms with E-state index in [0.717, 1.165) is 4.68 Å². The van der Waals surface area contributed by atoms with Crippen molar-refractivity contribution < 1.29 is 24.4 Å². The number of carbonyl (C=O) groups excluding carboxylic acids is 1. The largest absolute Gasteiger partial charge is 0.465 e. The van der Waals surface area contributed by atoms with Crippen molar-refractivity contribution in [1.82, 2.24) is 15.1 Å². The quantitative estimate of drug-likeness (QED) is 0.375. The average Bonchev–Trinajstić information content (AvgIpc) is 3.06. The Bertz CT molecular complexity index is 769. The molecule has 0 radical (unpaired) electrons. The summed E-state index contributed by atoms with van der Waals surface area (Å²) in [5.74, 6) is -0.346. The molecule has 1 aromatic heterocycles. The normalized spacial score (nSPS) is 10.9. The molecule has 0 atom stereocenters. The lowest BCUT2D eigenvalue weighted by atomic mass is 10.2. The van der Waals surface area contributed by atoms with Crippen molar-refractivity contribution in [1.29, 1.82) is 0 Å². The molecule has 0 bridgehead atoms. The van der Waals surface area contributed by atoms with Crippen molar-refractivity contribution in [3.63, 3.8) is 0 Å². The number of nitrogens with one attached hydrogen (secondary N) is 1. The zero-order valence-corrected chi connectivity index (χ0v) is 12.0. The number of nitro benzene ring substituents is 1. The molecule has 0 aliphatic rings. The molecule has 0 spiro atoms. The third-order valence-electron chi connectivity index (χ3n) is 2.65. The second-order valence-corrected chi connectivity index (χ2v) is 4.29. The first-order chi connectivity index (χ1) is 11.5.